The molecule has 4 aromatic rings. The normalized spacial score (nSPS) is 10.9. The van der Waals surface area contributed by atoms with E-state index in [4.69, 9.17) is 46.4 Å². The molecule has 180 valence electrons. The molecule has 0 unspecified atom stereocenters. The fraction of sp³-hybridized carbons (Fsp3) is 0.125. The molecule has 35 heavy (non-hydrogen) atoms. The zero-order chi connectivity index (χ0) is 24.9. The van der Waals surface area contributed by atoms with E-state index in [0.29, 0.717) is 48.2 Å². The molecule has 0 fully saturated rings. The number of amides is 2. The maximum Gasteiger partial charge on any atom is 0.319 e. The molecule has 0 saturated heterocycles. The number of hydrogen-bond donors (Lipinski definition) is 2. The Balaban J connectivity index is 1.56. The molecule has 2 amide bonds. The lowest BCUT2D eigenvalue weighted by Gasteiger charge is -2.13. The van der Waals surface area contributed by atoms with E-state index in [0.717, 1.165) is 0 Å². The number of benzene rings is 3. The lowest BCUT2D eigenvalue weighted by molar-refractivity contribution is 0.251. The molecule has 0 aliphatic carbocycles. The Morgan fingerprint density at radius 2 is 1.71 bits per heavy atom. The van der Waals surface area contributed by atoms with Gasteiger partial charge in [-0.3, -0.25) is 4.57 Å². The third-order valence-electron chi connectivity index (χ3n) is 5.05. The summed E-state index contributed by atoms with van der Waals surface area (Å²) in [5.74, 6) is 1.18. The summed E-state index contributed by atoms with van der Waals surface area (Å²) in [5.41, 5.74) is 3.50. The smallest absolute Gasteiger partial charge is 0.319 e. The zero-order valence-electron chi connectivity index (χ0n) is 18.4. The summed E-state index contributed by atoms with van der Waals surface area (Å²) < 4.78 is 1.80. The van der Waals surface area contributed by atoms with Crippen LogP contribution in [0.3, 0.4) is 0 Å². The van der Waals surface area contributed by atoms with Gasteiger partial charge in [-0.1, -0.05) is 82.4 Å². The molecule has 4 rings (SSSR count). The van der Waals surface area contributed by atoms with Crippen LogP contribution in [0.4, 0.5) is 10.5 Å². The van der Waals surface area contributed by atoms with Gasteiger partial charge in [-0.2, -0.15) is 0 Å². The lowest BCUT2D eigenvalue weighted by Crippen LogP contribution is -2.29. The second-order valence-corrected chi connectivity index (χ2v) is 10.1. The fourth-order valence-corrected chi connectivity index (χ4v) is 4.94. The standard InChI is InChI=1S/C24H19Cl4N5OS/c1-14-4-2-3-5-15(14)13-35-24-32-31-22(33(24)21-10-16(25)6-8-19(21)27)12-29-23(34)30-17-7-9-18(26)20(28)11-17/h2-11H,12-13H2,1H3,(H2,29,30,34). The number of aryl methyl sites for hydroxylation is 1. The van der Waals surface area contributed by atoms with E-state index in [1.807, 2.05) is 12.1 Å². The van der Waals surface area contributed by atoms with E-state index in [1.54, 1.807) is 41.0 Å². The van der Waals surface area contributed by atoms with Gasteiger partial charge in [0.2, 0.25) is 0 Å². The second-order valence-electron chi connectivity index (χ2n) is 7.48. The van der Waals surface area contributed by atoms with Crippen LogP contribution < -0.4 is 10.6 Å². The Hall–Kier alpha value is -2.42. The zero-order valence-corrected chi connectivity index (χ0v) is 22.2. The van der Waals surface area contributed by atoms with Gasteiger partial charge in [-0.25, -0.2) is 4.79 Å². The fourth-order valence-electron chi connectivity index (χ4n) is 3.23. The largest absolute Gasteiger partial charge is 0.331 e. The molecule has 1 heterocycles. The average Bonchev–Trinajstić information content (AvgIpc) is 3.23. The van der Waals surface area contributed by atoms with Gasteiger partial charge >= 0.3 is 6.03 Å². The summed E-state index contributed by atoms with van der Waals surface area (Å²) in [5, 5.41) is 16.5. The quantitative estimate of drug-likeness (QED) is 0.224. The first kappa shape index (κ1) is 25.7. The first-order chi connectivity index (χ1) is 16.8. The molecule has 1 aromatic heterocycles. The molecule has 11 heteroatoms. The highest BCUT2D eigenvalue weighted by molar-refractivity contribution is 7.98. The van der Waals surface area contributed by atoms with Crippen LogP contribution >= 0.6 is 58.2 Å². The van der Waals surface area contributed by atoms with E-state index < -0.39 is 6.03 Å². The van der Waals surface area contributed by atoms with E-state index in [1.165, 1.54) is 22.9 Å². The highest BCUT2D eigenvalue weighted by Gasteiger charge is 2.18. The Kier molecular flexibility index (Phi) is 8.46. The van der Waals surface area contributed by atoms with Crippen molar-refractivity contribution in [3.63, 3.8) is 0 Å². The number of nitrogens with zero attached hydrogens (tertiary/aromatic N) is 3. The Morgan fingerprint density at radius 3 is 2.49 bits per heavy atom. The van der Waals surface area contributed by atoms with Gasteiger partial charge in [0.25, 0.3) is 0 Å². The molecule has 6 nitrogen and oxygen atoms in total. The van der Waals surface area contributed by atoms with Crippen molar-refractivity contribution in [3.05, 3.63) is 97.7 Å². The first-order valence-electron chi connectivity index (χ1n) is 10.4. The number of nitrogens with one attached hydrogen (secondary N) is 2. The minimum Gasteiger partial charge on any atom is -0.331 e. The molecule has 0 radical (unpaired) electrons. The number of urea groups is 1. The number of aromatic nitrogens is 3. The predicted molar refractivity (Wildman–Crippen MR) is 144 cm³/mol. The number of carbonyl (C=O) groups is 1. The topological polar surface area (TPSA) is 71.8 Å². The predicted octanol–water partition coefficient (Wildman–Crippen LogP) is 7.80. The van der Waals surface area contributed by atoms with Crippen molar-refractivity contribution in [2.24, 2.45) is 0 Å². The van der Waals surface area contributed by atoms with Gasteiger partial charge in [0.05, 0.1) is 27.3 Å². The highest BCUT2D eigenvalue weighted by atomic mass is 35.5. The van der Waals surface area contributed by atoms with Crippen molar-refractivity contribution >= 4 is 69.9 Å². The molecule has 0 bridgehead atoms. The molecule has 0 aliphatic rings. The van der Waals surface area contributed by atoms with Gasteiger partial charge in [-0.15, -0.1) is 10.2 Å². The van der Waals surface area contributed by atoms with Gasteiger partial charge in [0.1, 0.15) is 0 Å². The third-order valence-corrected chi connectivity index (χ3v) is 7.32. The van der Waals surface area contributed by atoms with Crippen LogP contribution in [0.5, 0.6) is 0 Å². The van der Waals surface area contributed by atoms with Crippen molar-refractivity contribution in [2.75, 3.05) is 5.32 Å². The van der Waals surface area contributed by atoms with Crippen LogP contribution in [0.25, 0.3) is 5.69 Å². The molecule has 0 spiro atoms. The summed E-state index contributed by atoms with van der Waals surface area (Å²) in [4.78, 5) is 12.5. The van der Waals surface area contributed by atoms with Crippen molar-refractivity contribution < 1.29 is 4.79 Å². The van der Waals surface area contributed by atoms with Crippen LogP contribution in [0.15, 0.2) is 65.8 Å². The minimum absolute atomic E-state index is 0.0912. The second kappa shape index (κ2) is 11.5. The number of anilines is 1. The number of hydrogen-bond acceptors (Lipinski definition) is 4. The monoisotopic (exact) mass is 565 g/mol. The Bertz CT molecular complexity index is 1380. The summed E-state index contributed by atoms with van der Waals surface area (Å²) in [7, 11) is 0. The van der Waals surface area contributed by atoms with Crippen LogP contribution in [-0.2, 0) is 12.3 Å². The van der Waals surface area contributed by atoms with Crippen molar-refractivity contribution in [1.29, 1.82) is 0 Å². The Labute approximate surface area is 226 Å². The minimum atomic E-state index is -0.441. The molecule has 2 N–H and O–H groups in total. The average molecular weight is 567 g/mol. The van der Waals surface area contributed by atoms with E-state index in [2.05, 4.69) is 39.9 Å². The maximum atomic E-state index is 12.5. The summed E-state index contributed by atoms with van der Waals surface area (Å²) in [6.45, 7) is 2.16. The van der Waals surface area contributed by atoms with E-state index in [-0.39, 0.29) is 6.54 Å². The van der Waals surface area contributed by atoms with Crippen molar-refractivity contribution in [1.82, 2.24) is 20.1 Å². The summed E-state index contributed by atoms with van der Waals surface area (Å²) in [6, 6.07) is 17.7. The molecule has 0 atom stereocenters. The van der Waals surface area contributed by atoms with Gasteiger partial charge in [-0.05, 0) is 54.4 Å². The van der Waals surface area contributed by atoms with Gasteiger partial charge < -0.3 is 10.6 Å². The number of halogens is 4. The number of carbonyl (C=O) groups excluding carboxylic acids is 1. The van der Waals surface area contributed by atoms with Crippen LogP contribution in [0, 0.1) is 6.92 Å². The summed E-state index contributed by atoms with van der Waals surface area (Å²) in [6.07, 6.45) is 0. The maximum absolute atomic E-state index is 12.5. The van der Waals surface area contributed by atoms with E-state index >= 15 is 0 Å². The lowest BCUT2D eigenvalue weighted by atomic mass is 10.1. The van der Waals surface area contributed by atoms with Gasteiger partial charge in [0.15, 0.2) is 11.0 Å². The molecular formula is C24H19Cl4N5OS. The van der Waals surface area contributed by atoms with Crippen molar-refractivity contribution in [3.8, 4) is 5.69 Å². The van der Waals surface area contributed by atoms with Crippen LogP contribution in [0.1, 0.15) is 17.0 Å². The molecule has 0 aliphatic heterocycles. The molecule has 0 saturated carbocycles. The van der Waals surface area contributed by atoms with E-state index in [9.17, 15) is 4.79 Å². The molecule has 3 aromatic carbocycles. The highest BCUT2D eigenvalue weighted by Crippen LogP contribution is 2.31. The Morgan fingerprint density at radius 1 is 0.943 bits per heavy atom. The van der Waals surface area contributed by atoms with Crippen LogP contribution in [-0.4, -0.2) is 20.8 Å². The van der Waals surface area contributed by atoms with Crippen molar-refractivity contribution in [2.45, 2.75) is 24.4 Å². The molecular weight excluding hydrogens is 548 g/mol. The van der Waals surface area contributed by atoms with Crippen LogP contribution in [0.2, 0.25) is 20.1 Å². The number of thioether (sulfide) groups is 1. The number of rotatable bonds is 7. The SMILES string of the molecule is Cc1ccccc1CSc1nnc(CNC(=O)Nc2ccc(Cl)c(Cl)c2)n1-c1cc(Cl)ccc1Cl. The first-order valence-corrected chi connectivity index (χ1v) is 12.9. The summed E-state index contributed by atoms with van der Waals surface area (Å²) >= 11 is 26.2. The van der Waals surface area contributed by atoms with Gasteiger partial charge in [0, 0.05) is 16.5 Å². The third kappa shape index (κ3) is 6.42.